The van der Waals surface area contributed by atoms with Gasteiger partial charge in [0.1, 0.15) is 0 Å². The van der Waals surface area contributed by atoms with Gasteiger partial charge >= 0.3 is 0 Å². The van der Waals surface area contributed by atoms with E-state index in [0.29, 0.717) is 16.6 Å². The largest absolute Gasteiger partial charge is 0.349 e. The molecule has 0 aliphatic heterocycles. The van der Waals surface area contributed by atoms with Crippen molar-refractivity contribution in [3.8, 4) is 11.3 Å². The van der Waals surface area contributed by atoms with Gasteiger partial charge in [-0.05, 0) is 66.5 Å². The Morgan fingerprint density at radius 1 is 0.902 bits per heavy atom. The number of carbonyl (C=O) groups excluding carboxylic acids is 2. The van der Waals surface area contributed by atoms with Crippen LogP contribution in [0.25, 0.3) is 11.3 Å². The summed E-state index contributed by atoms with van der Waals surface area (Å²) >= 11 is 1.44. The first-order valence-corrected chi connectivity index (χ1v) is 15.6. The van der Waals surface area contributed by atoms with E-state index >= 15 is 0 Å². The number of anilines is 1. The first-order chi connectivity index (χ1) is 19.9. The van der Waals surface area contributed by atoms with E-state index in [0.717, 1.165) is 30.5 Å². The zero-order chi connectivity index (χ0) is 28.1. The van der Waals surface area contributed by atoms with Gasteiger partial charge in [0.05, 0.1) is 11.1 Å². The maximum Gasteiger partial charge on any atom is 0.251 e. The van der Waals surface area contributed by atoms with E-state index in [4.69, 9.17) is 4.98 Å². The minimum atomic E-state index is -0.579. The average molecular weight is 562 g/mol. The summed E-state index contributed by atoms with van der Waals surface area (Å²) in [6.45, 7) is 4.37. The van der Waals surface area contributed by atoms with E-state index in [9.17, 15) is 9.59 Å². The molecule has 3 aromatic carbocycles. The number of rotatable bonds is 5. The predicted molar refractivity (Wildman–Crippen MR) is 164 cm³/mol. The van der Waals surface area contributed by atoms with Crippen molar-refractivity contribution in [1.29, 1.82) is 0 Å². The molecule has 0 saturated heterocycles. The van der Waals surface area contributed by atoms with Crippen molar-refractivity contribution in [1.82, 2.24) is 10.3 Å². The molecule has 2 amide bonds. The van der Waals surface area contributed by atoms with Gasteiger partial charge in [0, 0.05) is 34.4 Å². The Hall–Kier alpha value is -3.77. The third kappa shape index (κ3) is 4.58. The number of aromatic nitrogens is 1. The zero-order valence-electron chi connectivity index (χ0n) is 23.5. The normalized spacial score (nSPS) is 26.1. The van der Waals surface area contributed by atoms with Crippen molar-refractivity contribution >= 4 is 28.3 Å². The fourth-order valence-corrected chi connectivity index (χ4v) is 8.23. The summed E-state index contributed by atoms with van der Waals surface area (Å²) in [5, 5.41) is 8.95. The van der Waals surface area contributed by atoms with Gasteiger partial charge in [-0.15, -0.1) is 11.3 Å². The molecule has 8 rings (SSSR count). The van der Waals surface area contributed by atoms with Gasteiger partial charge in [0.25, 0.3) is 5.91 Å². The van der Waals surface area contributed by atoms with E-state index < -0.39 is 5.41 Å². The Kier molecular flexibility index (Phi) is 6.54. The smallest absolute Gasteiger partial charge is 0.251 e. The van der Waals surface area contributed by atoms with Crippen LogP contribution in [-0.4, -0.2) is 22.8 Å². The summed E-state index contributed by atoms with van der Waals surface area (Å²) in [5.41, 5.74) is 7.04. The van der Waals surface area contributed by atoms with Crippen molar-refractivity contribution in [3.05, 3.63) is 106 Å². The molecule has 1 saturated carbocycles. The zero-order valence-corrected chi connectivity index (χ0v) is 24.3. The van der Waals surface area contributed by atoms with E-state index in [1.165, 1.54) is 46.4 Å². The first kappa shape index (κ1) is 26.1. The second kappa shape index (κ2) is 10.3. The molecule has 0 spiro atoms. The molecule has 5 nitrogen and oxygen atoms in total. The molecule has 208 valence electrons. The second-order valence-corrected chi connectivity index (χ2v) is 13.2. The third-order valence-corrected chi connectivity index (χ3v) is 10.3. The van der Waals surface area contributed by atoms with E-state index in [2.05, 4.69) is 73.0 Å². The van der Waals surface area contributed by atoms with Crippen molar-refractivity contribution < 1.29 is 9.59 Å². The quantitative estimate of drug-likeness (QED) is 0.262. The Bertz CT molecular complexity index is 1580. The Morgan fingerprint density at radius 3 is 2.22 bits per heavy atom. The molecule has 4 aromatic rings. The number of carbonyl (C=O) groups is 2. The summed E-state index contributed by atoms with van der Waals surface area (Å²) < 4.78 is 0. The van der Waals surface area contributed by atoms with Crippen LogP contribution in [0.4, 0.5) is 5.13 Å². The van der Waals surface area contributed by atoms with Crippen molar-refractivity contribution in [2.45, 2.75) is 63.8 Å². The maximum absolute atomic E-state index is 14.0. The lowest BCUT2D eigenvalue weighted by molar-refractivity contribution is -0.126. The first-order valence-electron chi connectivity index (χ1n) is 14.8. The van der Waals surface area contributed by atoms with Crippen LogP contribution in [0.5, 0.6) is 0 Å². The minimum absolute atomic E-state index is 0.00912. The molecule has 2 N–H and O–H groups in total. The number of fused-ring (bicyclic) bond motifs is 1. The fourth-order valence-electron chi connectivity index (χ4n) is 7.52. The molecule has 0 radical (unpaired) electrons. The van der Waals surface area contributed by atoms with Crippen LogP contribution in [-0.2, 0) is 4.79 Å². The summed E-state index contributed by atoms with van der Waals surface area (Å²) in [7, 11) is 0. The number of nitrogens with one attached hydrogen (secondary N) is 2. The lowest BCUT2D eigenvalue weighted by atomic mass is 9.52. The van der Waals surface area contributed by atoms with E-state index in [1.54, 1.807) is 0 Å². The predicted octanol–water partition coefficient (Wildman–Crippen LogP) is 7.74. The molecule has 3 atom stereocenters. The van der Waals surface area contributed by atoms with Gasteiger partial charge in [-0.1, -0.05) is 80.4 Å². The van der Waals surface area contributed by atoms with Gasteiger partial charge in [-0.25, -0.2) is 4.98 Å². The monoisotopic (exact) mass is 561 g/mol. The summed E-state index contributed by atoms with van der Waals surface area (Å²) in [4.78, 5) is 31.5. The number of hydrogen-bond acceptors (Lipinski definition) is 4. The van der Waals surface area contributed by atoms with Crippen molar-refractivity contribution in [3.63, 3.8) is 0 Å². The Morgan fingerprint density at radius 2 is 1.56 bits per heavy atom. The highest BCUT2D eigenvalue weighted by Crippen LogP contribution is 2.61. The standard InChI is InChI=1S/C35H35N3O2S/c1-21-8-7-9-24(18-21)36-32(39)23-16-14-22(15-17-23)30-20-41-34(37-30)38-33(40)35(2)19-29-25-10-3-5-12-27(25)31(35)28-13-6-4-11-26(28)29/h3-6,10-17,20-21,24,29,31H,7-9,18-19H2,1-2H3,(H,36,39)(H,37,38,40). The molecule has 3 unspecified atom stereocenters. The highest BCUT2D eigenvalue weighted by atomic mass is 32.1. The number of nitrogens with zero attached hydrogens (tertiary/aromatic N) is 1. The molecule has 1 heterocycles. The van der Waals surface area contributed by atoms with E-state index in [1.807, 2.05) is 29.6 Å². The Balaban J connectivity index is 1.07. The lowest BCUT2D eigenvalue weighted by Crippen LogP contribution is -2.47. The van der Waals surface area contributed by atoms with Crippen LogP contribution in [0.3, 0.4) is 0 Å². The summed E-state index contributed by atoms with van der Waals surface area (Å²) in [6.07, 6.45) is 5.31. The number of thiazole rings is 1. The van der Waals surface area contributed by atoms with Gasteiger partial charge < -0.3 is 10.6 Å². The second-order valence-electron chi connectivity index (χ2n) is 12.4. The van der Waals surface area contributed by atoms with Gasteiger partial charge in [0.15, 0.2) is 5.13 Å². The highest BCUT2D eigenvalue weighted by molar-refractivity contribution is 7.14. The van der Waals surface area contributed by atoms with Crippen LogP contribution in [0.15, 0.2) is 78.2 Å². The molecule has 2 bridgehead atoms. The highest BCUT2D eigenvalue weighted by Gasteiger charge is 2.54. The van der Waals surface area contributed by atoms with Crippen LogP contribution in [0.2, 0.25) is 0 Å². The van der Waals surface area contributed by atoms with Crippen LogP contribution in [0, 0.1) is 11.3 Å². The topological polar surface area (TPSA) is 71.1 Å². The number of benzene rings is 3. The van der Waals surface area contributed by atoms with Gasteiger partial charge in [-0.2, -0.15) is 0 Å². The minimum Gasteiger partial charge on any atom is -0.349 e. The van der Waals surface area contributed by atoms with Crippen LogP contribution < -0.4 is 10.6 Å². The van der Waals surface area contributed by atoms with Crippen LogP contribution >= 0.6 is 11.3 Å². The van der Waals surface area contributed by atoms with Crippen LogP contribution in [0.1, 0.15) is 90.4 Å². The number of hydrogen-bond donors (Lipinski definition) is 2. The molecular formula is C35H35N3O2S. The average Bonchev–Trinajstić information content (AvgIpc) is 3.46. The summed E-state index contributed by atoms with van der Waals surface area (Å²) in [6, 6.07) is 25.1. The van der Waals surface area contributed by atoms with Gasteiger partial charge in [0.2, 0.25) is 5.91 Å². The third-order valence-electron chi connectivity index (χ3n) is 9.59. The molecule has 4 aliphatic carbocycles. The molecule has 6 heteroatoms. The van der Waals surface area contributed by atoms with Crippen molar-refractivity contribution in [2.75, 3.05) is 5.32 Å². The van der Waals surface area contributed by atoms with Gasteiger partial charge in [-0.3, -0.25) is 9.59 Å². The van der Waals surface area contributed by atoms with E-state index in [-0.39, 0.29) is 29.7 Å². The summed E-state index contributed by atoms with van der Waals surface area (Å²) in [5.74, 6) is 0.891. The number of amides is 2. The molecular weight excluding hydrogens is 526 g/mol. The Labute approximate surface area is 245 Å². The molecule has 1 aromatic heterocycles. The SMILES string of the molecule is CC1CCCC(NC(=O)c2ccc(-c3csc(NC(=O)C4(C)CC5c6ccccc6C4c4ccccc45)n3)cc2)C1. The molecule has 41 heavy (non-hydrogen) atoms. The maximum atomic E-state index is 14.0. The fraction of sp³-hybridized carbons (Fsp3) is 0.343. The molecule has 4 aliphatic rings. The van der Waals surface area contributed by atoms with Crippen molar-refractivity contribution in [2.24, 2.45) is 11.3 Å². The molecule has 1 fully saturated rings. The lowest BCUT2D eigenvalue weighted by Gasteiger charge is -2.50.